The lowest BCUT2D eigenvalue weighted by atomic mass is 9.94. The van der Waals surface area contributed by atoms with E-state index < -0.39 is 21.8 Å². The van der Waals surface area contributed by atoms with E-state index in [-0.39, 0.29) is 23.9 Å². The van der Waals surface area contributed by atoms with Crippen molar-refractivity contribution in [2.45, 2.75) is 57.3 Å². The van der Waals surface area contributed by atoms with Crippen LogP contribution >= 0.6 is 23.2 Å². The van der Waals surface area contributed by atoms with E-state index in [2.05, 4.69) is 32.5 Å². The average molecular weight is 824 g/mol. The molecule has 2 aromatic carbocycles. The first-order valence-electron chi connectivity index (χ1n) is 18.5. The molecule has 2 amide bonds. The van der Waals surface area contributed by atoms with Crippen LogP contribution in [0.5, 0.6) is 17.6 Å². The Morgan fingerprint density at radius 3 is 2.43 bits per heavy atom. The second kappa shape index (κ2) is 16.9. The van der Waals surface area contributed by atoms with Crippen molar-refractivity contribution in [2.75, 3.05) is 40.1 Å². The molecule has 0 spiro atoms. The van der Waals surface area contributed by atoms with Crippen LogP contribution in [-0.2, 0) is 39.1 Å². The molecule has 296 valence electrons. The van der Waals surface area contributed by atoms with Crippen LogP contribution in [0, 0.1) is 5.92 Å². The molecule has 56 heavy (non-hydrogen) atoms. The van der Waals surface area contributed by atoms with Crippen molar-refractivity contribution in [3.05, 3.63) is 86.9 Å². The highest BCUT2D eigenvalue weighted by molar-refractivity contribution is 7.89. The summed E-state index contributed by atoms with van der Waals surface area (Å²) >= 11 is 14.0. The lowest BCUT2D eigenvalue weighted by Crippen LogP contribution is -2.36. The van der Waals surface area contributed by atoms with Crippen LogP contribution in [0.15, 0.2) is 54.6 Å². The third-order valence-electron chi connectivity index (χ3n) is 10.5. The summed E-state index contributed by atoms with van der Waals surface area (Å²) in [6, 6.07) is 17.9. The van der Waals surface area contributed by atoms with E-state index in [1.165, 1.54) is 7.11 Å². The summed E-state index contributed by atoms with van der Waals surface area (Å²) in [5.74, 6) is 0.271. The van der Waals surface area contributed by atoms with Crippen LogP contribution in [-0.4, -0.2) is 81.3 Å². The Labute approximate surface area is 336 Å². The molecule has 2 saturated heterocycles. The van der Waals surface area contributed by atoms with Crippen LogP contribution in [0.4, 0.5) is 0 Å². The molecule has 0 bridgehead atoms. The molecule has 2 fully saturated rings. The highest BCUT2D eigenvalue weighted by atomic mass is 35.5. The van der Waals surface area contributed by atoms with E-state index in [0.717, 1.165) is 58.0 Å². The summed E-state index contributed by atoms with van der Waals surface area (Å²) in [5.41, 5.74) is 7.14. The van der Waals surface area contributed by atoms with Gasteiger partial charge in [0.25, 0.3) is 0 Å². The Balaban J connectivity index is 1.05. The molecule has 3 atom stereocenters. The third-order valence-corrected chi connectivity index (χ3v) is 11.7. The zero-order chi connectivity index (χ0) is 39.6. The van der Waals surface area contributed by atoms with E-state index in [1.807, 2.05) is 41.3 Å². The minimum absolute atomic E-state index is 0.0923. The van der Waals surface area contributed by atoms with Crippen molar-refractivity contribution < 1.29 is 32.2 Å². The fraction of sp³-hybridized carbons (Fsp3) is 0.400. The third kappa shape index (κ3) is 8.89. The highest BCUT2D eigenvalue weighted by Gasteiger charge is 2.32. The number of halogens is 2. The molecule has 2 aromatic heterocycles. The summed E-state index contributed by atoms with van der Waals surface area (Å²) in [6.45, 7) is 2.63. The normalized spacial score (nSPS) is 19.4. The van der Waals surface area contributed by atoms with E-state index in [9.17, 15) is 18.0 Å². The Kier molecular flexibility index (Phi) is 12.0. The van der Waals surface area contributed by atoms with Gasteiger partial charge in [0.1, 0.15) is 11.1 Å². The largest absolute Gasteiger partial charge is 0.481 e. The standard InChI is InChI=1S/C40H44Cl2N6O7S/c1-53-38-23(19-43-20-26-11-15-35(49)44-26)10-13-33(45-38)31-9-5-8-30(36(31)42)27-6-4-7-29-28(27)12-14-34(29)55-40-32(41)18-25(39(46-40)54-2)22-48-17-16-24(21-48)37(50)47-56(3,51)52/h4-10,13,18,24,26,34,43H,11-12,14-17,19-22H2,1-3H3,(H,44,49)(H,47,50)/t24?,26-,34-/m0/s1. The second-order valence-electron chi connectivity index (χ2n) is 14.4. The van der Waals surface area contributed by atoms with Gasteiger partial charge >= 0.3 is 0 Å². The first-order chi connectivity index (χ1) is 26.9. The maximum absolute atomic E-state index is 12.4. The van der Waals surface area contributed by atoms with Gasteiger partial charge in [0.15, 0.2) is 0 Å². The number of carbonyl (C=O) groups excluding carboxylic acids is 2. The molecule has 3 aliphatic rings. The molecule has 3 N–H and O–H groups in total. The maximum atomic E-state index is 12.4. The molecular formula is C40H44Cl2N6O7S. The van der Waals surface area contributed by atoms with Gasteiger partial charge in [-0.05, 0) is 61.1 Å². The number of amides is 2. The number of fused-ring (bicyclic) bond motifs is 1. The highest BCUT2D eigenvalue weighted by Crippen LogP contribution is 2.45. The minimum atomic E-state index is -3.63. The molecule has 0 radical (unpaired) electrons. The Morgan fingerprint density at radius 1 is 0.929 bits per heavy atom. The van der Waals surface area contributed by atoms with Crippen molar-refractivity contribution in [1.82, 2.24) is 30.2 Å². The van der Waals surface area contributed by atoms with Gasteiger partial charge < -0.3 is 24.8 Å². The van der Waals surface area contributed by atoms with Gasteiger partial charge in [-0.2, -0.15) is 4.98 Å². The quantitative estimate of drug-likeness (QED) is 0.148. The number of hydrogen-bond donors (Lipinski definition) is 3. The lowest BCUT2D eigenvalue weighted by molar-refractivity contribution is -0.123. The number of carbonyl (C=O) groups is 2. The Bertz CT molecular complexity index is 2260. The molecule has 4 heterocycles. The van der Waals surface area contributed by atoms with Gasteiger partial charge in [-0.3, -0.25) is 19.2 Å². The van der Waals surface area contributed by atoms with Crippen LogP contribution in [0.1, 0.15) is 54.0 Å². The predicted octanol–water partition coefficient (Wildman–Crippen LogP) is 5.47. The van der Waals surface area contributed by atoms with Crippen LogP contribution in [0.3, 0.4) is 0 Å². The van der Waals surface area contributed by atoms with Gasteiger partial charge in [0, 0.05) is 60.9 Å². The van der Waals surface area contributed by atoms with Crippen molar-refractivity contribution in [3.8, 4) is 40.0 Å². The smallest absolute Gasteiger partial charge is 0.237 e. The predicted molar refractivity (Wildman–Crippen MR) is 213 cm³/mol. The average Bonchev–Trinajstić information content (AvgIpc) is 3.92. The monoisotopic (exact) mass is 822 g/mol. The summed E-state index contributed by atoms with van der Waals surface area (Å²) in [5, 5.41) is 7.28. The molecule has 16 heteroatoms. The number of nitrogens with zero attached hydrogens (tertiary/aromatic N) is 3. The van der Waals surface area contributed by atoms with Crippen molar-refractivity contribution in [3.63, 3.8) is 0 Å². The molecule has 1 aliphatic carbocycles. The second-order valence-corrected chi connectivity index (χ2v) is 16.9. The van der Waals surface area contributed by atoms with Crippen LogP contribution in [0.25, 0.3) is 22.4 Å². The van der Waals surface area contributed by atoms with E-state index >= 15 is 0 Å². The number of aromatic nitrogens is 2. The first-order valence-corrected chi connectivity index (χ1v) is 21.1. The van der Waals surface area contributed by atoms with Gasteiger partial charge in [-0.1, -0.05) is 65.7 Å². The van der Waals surface area contributed by atoms with Crippen molar-refractivity contribution >= 4 is 45.0 Å². The zero-order valence-corrected chi connectivity index (χ0v) is 33.7. The Morgan fingerprint density at radius 2 is 1.68 bits per heavy atom. The minimum Gasteiger partial charge on any atom is -0.481 e. The number of pyridine rings is 2. The van der Waals surface area contributed by atoms with Crippen LogP contribution < -0.4 is 29.6 Å². The molecule has 0 saturated carbocycles. The first kappa shape index (κ1) is 39.8. The van der Waals surface area contributed by atoms with E-state index in [0.29, 0.717) is 79.5 Å². The molecule has 1 unspecified atom stereocenters. The van der Waals surface area contributed by atoms with E-state index in [1.54, 1.807) is 13.2 Å². The topological polar surface area (TPSA) is 161 Å². The number of likely N-dealkylation sites (tertiary alicyclic amines) is 1. The number of methoxy groups -OCH3 is 2. The summed E-state index contributed by atoms with van der Waals surface area (Å²) in [4.78, 5) is 35.5. The van der Waals surface area contributed by atoms with Crippen LogP contribution in [0.2, 0.25) is 10.0 Å². The molecule has 13 nitrogen and oxygen atoms in total. The maximum Gasteiger partial charge on any atom is 0.237 e. The van der Waals surface area contributed by atoms with Crippen molar-refractivity contribution in [1.29, 1.82) is 0 Å². The SMILES string of the molecule is COc1nc(-c2cccc(-c3cccc4c3CC[C@@H]4Oc3nc(OC)c(CN4CCC(C(=O)NS(C)(=O)=O)C4)cc3Cl)c2Cl)ccc1CNC[C@@H]1CCC(=O)N1. The number of sulfonamides is 1. The molecule has 4 aromatic rings. The molecule has 2 aliphatic heterocycles. The van der Waals surface area contributed by atoms with E-state index in [4.69, 9.17) is 42.4 Å². The lowest BCUT2D eigenvalue weighted by Gasteiger charge is -2.20. The summed E-state index contributed by atoms with van der Waals surface area (Å²) in [7, 11) is -0.497. The number of ether oxygens (including phenoxy) is 3. The molecular weight excluding hydrogens is 779 g/mol. The summed E-state index contributed by atoms with van der Waals surface area (Å²) in [6.07, 6.45) is 4.05. The van der Waals surface area contributed by atoms with Gasteiger partial charge in [0.2, 0.25) is 39.5 Å². The fourth-order valence-electron chi connectivity index (χ4n) is 7.77. The number of benzene rings is 2. The van der Waals surface area contributed by atoms with Crippen molar-refractivity contribution in [2.24, 2.45) is 5.92 Å². The van der Waals surface area contributed by atoms with Gasteiger partial charge in [-0.25, -0.2) is 13.4 Å². The molecule has 7 rings (SSSR count). The Hall–Kier alpha value is -4.47. The fourth-order valence-corrected chi connectivity index (χ4v) is 8.84. The number of rotatable bonds is 14. The van der Waals surface area contributed by atoms with Gasteiger partial charge in [0.05, 0.1) is 37.1 Å². The summed E-state index contributed by atoms with van der Waals surface area (Å²) < 4.78 is 43.0. The van der Waals surface area contributed by atoms with Gasteiger partial charge in [-0.15, -0.1) is 0 Å². The number of nitrogens with one attached hydrogen (secondary N) is 3. The zero-order valence-electron chi connectivity index (χ0n) is 31.4. The number of hydrogen-bond acceptors (Lipinski definition) is 11.